The van der Waals surface area contributed by atoms with Gasteiger partial charge in [0.05, 0.1) is 6.61 Å². The number of unbranched alkanes of at least 4 members (excludes halogenated alkanes) is 2. The first-order chi connectivity index (χ1) is 6.81. The molecule has 2 heteroatoms. The normalized spacial score (nSPS) is 10.1. The SMILES string of the molecule is C=C(CCOCCCCC)NCCC. The van der Waals surface area contributed by atoms with E-state index in [2.05, 4.69) is 25.7 Å². The molecule has 14 heavy (non-hydrogen) atoms. The van der Waals surface area contributed by atoms with Crippen LogP contribution in [-0.4, -0.2) is 19.8 Å². The average molecular weight is 199 g/mol. The summed E-state index contributed by atoms with van der Waals surface area (Å²) in [6.07, 6.45) is 5.80. The van der Waals surface area contributed by atoms with E-state index >= 15 is 0 Å². The van der Waals surface area contributed by atoms with Crippen LogP contribution in [0, 0.1) is 0 Å². The van der Waals surface area contributed by atoms with Crippen LogP contribution in [0.1, 0.15) is 46.0 Å². The Morgan fingerprint density at radius 2 is 1.93 bits per heavy atom. The van der Waals surface area contributed by atoms with Crippen molar-refractivity contribution in [1.82, 2.24) is 5.32 Å². The second kappa shape index (κ2) is 10.6. The van der Waals surface area contributed by atoms with Crippen molar-refractivity contribution in [3.8, 4) is 0 Å². The van der Waals surface area contributed by atoms with Crippen LogP contribution in [0.4, 0.5) is 0 Å². The van der Waals surface area contributed by atoms with Crippen molar-refractivity contribution in [1.29, 1.82) is 0 Å². The highest BCUT2D eigenvalue weighted by Gasteiger charge is 1.93. The molecule has 0 bridgehead atoms. The Kier molecular flexibility index (Phi) is 10.2. The largest absolute Gasteiger partial charge is 0.389 e. The van der Waals surface area contributed by atoms with E-state index in [4.69, 9.17) is 4.74 Å². The van der Waals surface area contributed by atoms with Crippen molar-refractivity contribution in [3.05, 3.63) is 12.3 Å². The number of hydrogen-bond donors (Lipinski definition) is 1. The van der Waals surface area contributed by atoms with Crippen LogP contribution in [0.2, 0.25) is 0 Å². The van der Waals surface area contributed by atoms with Gasteiger partial charge in [-0.2, -0.15) is 0 Å². The minimum absolute atomic E-state index is 0.805. The smallest absolute Gasteiger partial charge is 0.0520 e. The van der Waals surface area contributed by atoms with Crippen LogP contribution in [0.5, 0.6) is 0 Å². The molecule has 0 aliphatic rings. The van der Waals surface area contributed by atoms with Gasteiger partial charge in [0.25, 0.3) is 0 Å². The third-order valence-electron chi connectivity index (χ3n) is 2.07. The van der Waals surface area contributed by atoms with Crippen molar-refractivity contribution in [2.24, 2.45) is 0 Å². The molecule has 0 heterocycles. The van der Waals surface area contributed by atoms with Crippen molar-refractivity contribution in [2.75, 3.05) is 19.8 Å². The zero-order chi connectivity index (χ0) is 10.6. The fourth-order valence-corrected chi connectivity index (χ4v) is 1.14. The summed E-state index contributed by atoms with van der Waals surface area (Å²) < 4.78 is 5.49. The maximum absolute atomic E-state index is 5.49. The first-order valence-electron chi connectivity index (χ1n) is 5.80. The summed E-state index contributed by atoms with van der Waals surface area (Å²) in [5.74, 6) is 0. The van der Waals surface area contributed by atoms with E-state index in [9.17, 15) is 0 Å². The van der Waals surface area contributed by atoms with Crippen LogP contribution in [0.25, 0.3) is 0 Å². The highest BCUT2D eigenvalue weighted by atomic mass is 16.5. The first-order valence-corrected chi connectivity index (χ1v) is 5.80. The van der Waals surface area contributed by atoms with Gasteiger partial charge in [0, 0.05) is 25.3 Å². The Bertz CT molecular complexity index is 134. The lowest BCUT2D eigenvalue weighted by atomic mass is 10.3. The van der Waals surface area contributed by atoms with Gasteiger partial charge in [-0.05, 0) is 12.8 Å². The molecule has 0 atom stereocenters. The zero-order valence-electron chi connectivity index (χ0n) is 9.77. The molecule has 0 radical (unpaired) electrons. The Labute approximate surface area is 88.7 Å². The molecule has 0 unspecified atom stereocenters. The standard InChI is InChI=1S/C12H25NO/c1-4-6-7-10-14-11-8-12(3)13-9-5-2/h13H,3-11H2,1-2H3. The van der Waals surface area contributed by atoms with Gasteiger partial charge in [-0.15, -0.1) is 0 Å². The molecule has 0 aromatic heterocycles. The summed E-state index contributed by atoms with van der Waals surface area (Å²) in [6, 6.07) is 0. The Hall–Kier alpha value is -0.500. The summed E-state index contributed by atoms with van der Waals surface area (Å²) in [5, 5.41) is 3.26. The highest BCUT2D eigenvalue weighted by molar-refractivity contribution is 4.90. The molecule has 84 valence electrons. The second-order valence-electron chi connectivity index (χ2n) is 3.60. The summed E-state index contributed by atoms with van der Waals surface area (Å²) in [4.78, 5) is 0. The van der Waals surface area contributed by atoms with E-state index in [1.165, 1.54) is 19.3 Å². The van der Waals surface area contributed by atoms with E-state index in [0.29, 0.717) is 0 Å². The molecule has 0 spiro atoms. The monoisotopic (exact) mass is 199 g/mol. The molecule has 0 aromatic carbocycles. The third kappa shape index (κ3) is 9.59. The first kappa shape index (κ1) is 13.5. The Morgan fingerprint density at radius 1 is 1.14 bits per heavy atom. The predicted molar refractivity (Wildman–Crippen MR) is 62.4 cm³/mol. The summed E-state index contributed by atoms with van der Waals surface area (Å²) in [5.41, 5.74) is 1.10. The molecule has 0 fully saturated rings. The lowest BCUT2D eigenvalue weighted by Gasteiger charge is -2.08. The van der Waals surface area contributed by atoms with E-state index in [-0.39, 0.29) is 0 Å². The number of ether oxygens (including phenoxy) is 1. The van der Waals surface area contributed by atoms with E-state index in [0.717, 1.165) is 38.3 Å². The van der Waals surface area contributed by atoms with Crippen LogP contribution >= 0.6 is 0 Å². The molecular weight excluding hydrogens is 174 g/mol. The third-order valence-corrected chi connectivity index (χ3v) is 2.07. The minimum Gasteiger partial charge on any atom is -0.389 e. The van der Waals surface area contributed by atoms with Crippen molar-refractivity contribution >= 4 is 0 Å². The van der Waals surface area contributed by atoms with Crippen molar-refractivity contribution in [3.63, 3.8) is 0 Å². The quantitative estimate of drug-likeness (QED) is 0.546. The minimum atomic E-state index is 0.805. The maximum atomic E-state index is 5.49. The number of hydrogen-bond acceptors (Lipinski definition) is 2. The maximum Gasteiger partial charge on any atom is 0.0520 e. The van der Waals surface area contributed by atoms with Gasteiger partial charge >= 0.3 is 0 Å². The summed E-state index contributed by atoms with van der Waals surface area (Å²) in [7, 11) is 0. The molecule has 0 amide bonds. The number of rotatable bonds is 10. The van der Waals surface area contributed by atoms with Gasteiger partial charge in [-0.25, -0.2) is 0 Å². The molecular formula is C12H25NO. The average Bonchev–Trinajstić information content (AvgIpc) is 2.20. The van der Waals surface area contributed by atoms with Gasteiger partial charge in [-0.1, -0.05) is 33.3 Å². The van der Waals surface area contributed by atoms with E-state index in [1.807, 2.05) is 0 Å². The molecule has 0 saturated heterocycles. The zero-order valence-corrected chi connectivity index (χ0v) is 9.77. The van der Waals surface area contributed by atoms with Crippen molar-refractivity contribution in [2.45, 2.75) is 46.0 Å². The van der Waals surface area contributed by atoms with Gasteiger partial charge in [0.1, 0.15) is 0 Å². The van der Waals surface area contributed by atoms with Crippen LogP contribution < -0.4 is 5.32 Å². The van der Waals surface area contributed by atoms with Crippen LogP contribution in [0.3, 0.4) is 0 Å². The second-order valence-corrected chi connectivity index (χ2v) is 3.60. The predicted octanol–water partition coefficient (Wildman–Crippen LogP) is 3.10. The van der Waals surface area contributed by atoms with Crippen molar-refractivity contribution < 1.29 is 4.74 Å². The van der Waals surface area contributed by atoms with Crippen LogP contribution in [0.15, 0.2) is 12.3 Å². The lowest BCUT2D eigenvalue weighted by Crippen LogP contribution is -2.14. The lowest BCUT2D eigenvalue weighted by molar-refractivity contribution is 0.132. The fourth-order valence-electron chi connectivity index (χ4n) is 1.14. The van der Waals surface area contributed by atoms with Gasteiger partial charge < -0.3 is 10.1 Å². The molecule has 0 rings (SSSR count). The summed E-state index contributed by atoms with van der Waals surface area (Å²) in [6.45, 7) is 11.0. The van der Waals surface area contributed by atoms with Crippen LogP contribution in [-0.2, 0) is 4.74 Å². The van der Waals surface area contributed by atoms with Gasteiger partial charge in [0.2, 0.25) is 0 Å². The summed E-state index contributed by atoms with van der Waals surface area (Å²) >= 11 is 0. The Morgan fingerprint density at radius 3 is 2.57 bits per heavy atom. The van der Waals surface area contributed by atoms with E-state index < -0.39 is 0 Å². The molecule has 1 N–H and O–H groups in total. The molecule has 0 saturated carbocycles. The molecule has 0 aromatic rings. The molecule has 0 aliphatic heterocycles. The number of nitrogens with one attached hydrogen (secondary N) is 1. The van der Waals surface area contributed by atoms with Gasteiger partial charge in [-0.3, -0.25) is 0 Å². The molecule has 0 aliphatic carbocycles. The van der Waals surface area contributed by atoms with E-state index in [1.54, 1.807) is 0 Å². The topological polar surface area (TPSA) is 21.3 Å². The van der Waals surface area contributed by atoms with Gasteiger partial charge in [0.15, 0.2) is 0 Å². The fraction of sp³-hybridized carbons (Fsp3) is 0.833. The highest BCUT2D eigenvalue weighted by Crippen LogP contribution is 1.97. The molecule has 2 nitrogen and oxygen atoms in total. The Balaban J connectivity index is 3.07.